The van der Waals surface area contributed by atoms with Crippen molar-refractivity contribution < 1.29 is 4.74 Å². The molecule has 0 bridgehead atoms. The fourth-order valence-corrected chi connectivity index (χ4v) is 2.22. The number of hydrogen-bond acceptors (Lipinski definition) is 4. The van der Waals surface area contributed by atoms with E-state index >= 15 is 0 Å². The van der Waals surface area contributed by atoms with Crippen LogP contribution in [0.25, 0.3) is 0 Å². The Bertz CT molecular complexity index is 386. The Hall–Kier alpha value is -0.620. The average Bonchev–Trinajstić information content (AvgIpc) is 2.68. The van der Waals surface area contributed by atoms with E-state index in [0.717, 1.165) is 18.5 Å². The molecule has 0 spiro atoms. The molecule has 0 aliphatic heterocycles. The Morgan fingerprint density at radius 1 is 1.53 bits per heavy atom. The van der Waals surface area contributed by atoms with Gasteiger partial charge in [0.15, 0.2) is 0 Å². The summed E-state index contributed by atoms with van der Waals surface area (Å²) in [6.07, 6.45) is 3.63. The van der Waals surface area contributed by atoms with E-state index < -0.39 is 0 Å². The van der Waals surface area contributed by atoms with Crippen LogP contribution in [0.5, 0.6) is 0 Å². The van der Waals surface area contributed by atoms with Crippen LogP contribution in [0.3, 0.4) is 0 Å². The van der Waals surface area contributed by atoms with Crippen molar-refractivity contribution in [3.8, 4) is 0 Å². The van der Waals surface area contributed by atoms with Gasteiger partial charge in [-0.15, -0.1) is 0 Å². The first-order valence-corrected chi connectivity index (χ1v) is 6.93. The summed E-state index contributed by atoms with van der Waals surface area (Å²) in [5, 5.41) is 4.92. The fourth-order valence-electron chi connectivity index (χ4n) is 1.95. The zero-order valence-corrected chi connectivity index (χ0v) is 13.0. The molecule has 0 aliphatic rings. The Labute approximate surface area is 120 Å². The lowest BCUT2D eigenvalue weighted by Gasteiger charge is -2.23. The molecular weight excluding hydrogens is 264 g/mol. The van der Waals surface area contributed by atoms with Crippen molar-refractivity contribution in [2.45, 2.75) is 46.2 Å². The van der Waals surface area contributed by atoms with Gasteiger partial charge in [-0.25, -0.2) is 0 Å². The van der Waals surface area contributed by atoms with Crippen molar-refractivity contribution in [2.24, 2.45) is 11.3 Å². The third kappa shape index (κ3) is 5.10. The van der Waals surface area contributed by atoms with Gasteiger partial charge >= 0.3 is 0 Å². The summed E-state index contributed by atoms with van der Waals surface area (Å²) in [5.41, 5.74) is 4.05. The van der Waals surface area contributed by atoms with Gasteiger partial charge in [-0.1, -0.05) is 32.4 Å². The van der Waals surface area contributed by atoms with Crippen molar-refractivity contribution in [3.05, 3.63) is 16.9 Å². The highest BCUT2D eigenvalue weighted by Crippen LogP contribution is 2.30. The normalized spacial score (nSPS) is 13.8. The second kappa shape index (κ2) is 7.24. The van der Waals surface area contributed by atoms with E-state index in [2.05, 4.69) is 31.3 Å². The Balaban J connectivity index is 2.81. The average molecular weight is 289 g/mol. The molecule has 1 rings (SSSR count). The van der Waals surface area contributed by atoms with E-state index in [0.29, 0.717) is 18.2 Å². The number of methoxy groups -OCH3 is 1. The number of nitrogens with two attached hydrogens (primary N) is 1. The van der Waals surface area contributed by atoms with Gasteiger partial charge in [0.1, 0.15) is 0 Å². The Kier molecular flexibility index (Phi) is 6.26. The summed E-state index contributed by atoms with van der Waals surface area (Å²) >= 11 is 6.23. The monoisotopic (exact) mass is 288 g/mol. The minimum Gasteiger partial charge on any atom is -0.383 e. The summed E-state index contributed by atoms with van der Waals surface area (Å²) < 4.78 is 6.94. The second-order valence-corrected chi connectivity index (χ2v) is 6.32. The molecule has 0 saturated heterocycles. The van der Waals surface area contributed by atoms with Gasteiger partial charge in [0.25, 0.3) is 0 Å². The van der Waals surface area contributed by atoms with Gasteiger partial charge < -0.3 is 4.74 Å². The molecule has 0 aromatic carbocycles. The maximum absolute atomic E-state index is 6.23. The molecule has 1 aromatic rings. The minimum absolute atomic E-state index is 0.00563. The number of rotatable bonds is 7. The highest BCUT2D eigenvalue weighted by Gasteiger charge is 2.21. The topological polar surface area (TPSA) is 65.1 Å². The lowest BCUT2D eigenvalue weighted by Crippen LogP contribution is -2.31. The van der Waals surface area contributed by atoms with Gasteiger partial charge in [0, 0.05) is 7.11 Å². The summed E-state index contributed by atoms with van der Waals surface area (Å²) in [7, 11) is 1.67. The van der Waals surface area contributed by atoms with Crippen LogP contribution >= 0.6 is 11.6 Å². The van der Waals surface area contributed by atoms with Crippen LogP contribution in [0.2, 0.25) is 5.02 Å². The van der Waals surface area contributed by atoms with Crippen LogP contribution in [-0.2, 0) is 11.3 Å². The third-order valence-electron chi connectivity index (χ3n) is 3.05. The van der Waals surface area contributed by atoms with Crippen LogP contribution in [0.4, 0.5) is 0 Å². The van der Waals surface area contributed by atoms with Crippen LogP contribution in [0.1, 0.15) is 45.3 Å². The van der Waals surface area contributed by atoms with Gasteiger partial charge in [-0.2, -0.15) is 5.10 Å². The molecule has 0 aliphatic carbocycles. The first-order valence-electron chi connectivity index (χ1n) is 6.55. The van der Waals surface area contributed by atoms with Gasteiger partial charge in [-0.05, 0) is 18.3 Å². The van der Waals surface area contributed by atoms with Crippen LogP contribution < -0.4 is 11.3 Å². The number of nitrogens with zero attached hydrogens (tertiary/aromatic N) is 2. The third-order valence-corrected chi connectivity index (χ3v) is 3.35. The van der Waals surface area contributed by atoms with E-state index in [1.165, 1.54) is 0 Å². The Morgan fingerprint density at radius 2 is 2.21 bits per heavy atom. The lowest BCUT2D eigenvalue weighted by atomic mass is 9.88. The maximum Gasteiger partial charge on any atom is 0.0834 e. The van der Waals surface area contributed by atoms with E-state index in [4.69, 9.17) is 22.2 Å². The van der Waals surface area contributed by atoms with E-state index in [1.54, 1.807) is 13.3 Å². The number of hydrogen-bond donors (Lipinski definition) is 2. The zero-order valence-electron chi connectivity index (χ0n) is 12.2. The number of halogens is 1. The molecule has 6 heteroatoms. The van der Waals surface area contributed by atoms with E-state index in [1.807, 2.05) is 4.68 Å². The Morgan fingerprint density at radius 3 is 2.74 bits per heavy atom. The van der Waals surface area contributed by atoms with Gasteiger partial charge in [0.05, 0.1) is 36.1 Å². The van der Waals surface area contributed by atoms with Crippen molar-refractivity contribution in [3.63, 3.8) is 0 Å². The van der Waals surface area contributed by atoms with Crippen LogP contribution in [0.15, 0.2) is 6.20 Å². The van der Waals surface area contributed by atoms with E-state index in [9.17, 15) is 0 Å². The molecule has 1 atom stereocenters. The summed E-state index contributed by atoms with van der Waals surface area (Å²) in [6, 6.07) is 0.00563. The summed E-state index contributed by atoms with van der Waals surface area (Å²) in [4.78, 5) is 0. The largest absolute Gasteiger partial charge is 0.383 e. The molecule has 5 nitrogen and oxygen atoms in total. The molecule has 110 valence electrons. The quantitative estimate of drug-likeness (QED) is 0.598. The van der Waals surface area contributed by atoms with Crippen molar-refractivity contribution >= 4 is 11.6 Å². The fraction of sp³-hybridized carbons (Fsp3) is 0.769. The first-order chi connectivity index (χ1) is 8.89. The molecule has 0 radical (unpaired) electrons. The van der Waals surface area contributed by atoms with Crippen LogP contribution in [0, 0.1) is 5.41 Å². The molecule has 1 aromatic heterocycles. The van der Waals surface area contributed by atoms with Crippen molar-refractivity contribution in [2.75, 3.05) is 13.7 Å². The minimum atomic E-state index is 0.00563. The smallest absolute Gasteiger partial charge is 0.0834 e. The molecule has 0 fully saturated rings. The maximum atomic E-state index is 6.23. The molecule has 0 amide bonds. The number of hydrazine groups is 1. The first kappa shape index (κ1) is 16.4. The number of ether oxygens (including phenoxy) is 1. The van der Waals surface area contributed by atoms with Crippen molar-refractivity contribution in [1.29, 1.82) is 0 Å². The zero-order chi connectivity index (χ0) is 14.5. The highest BCUT2D eigenvalue weighted by molar-refractivity contribution is 6.31. The summed E-state index contributed by atoms with van der Waals surface area (Å²) in [5.74, 6) is 5.68. The molecule has 3 N–H and O–H groups in total. The molecule has 1 unspecified atom stereocenters. The summed E-state index contributed by atoms with van der Waals surface area (Å²) in [6.45, 7) is 7.91. The molecule has 1 heterocycles. The number of aromatic nitrogens is 2. The molecule has 19 heavy (non-hydrogen) atoms. The molecule has 0 saturated carbocycles. The van der Waals surface area contributed by atoms with Crippen LogP contribution in [-0.4, -0.2) is 23.5 Å². The molecular formula is C13H25ClN4O. The standard InChI is InChI=1S/C13H25ClN4O/c1-13(2,3)6-5-11(17-15)12-10(14)9-16-18(12)7-8-19-4/h9,11,17H,5-8,15H2,1-4H3. The lowest BCUT2D eigenvalue weighted by molar-refractivity contribution is 0.181. The van der Waals surface area contributed by atoms with Gasteiger partial charge in [0.2, 0.25) is 0 Å². The predicted octanol–water partition coefficient (Wildman–Crippen LogP) is 2.51. The predicted molar refractivity (Wildman–Crippen MR) is 77.9 cm³/mol. The van der Waals surface area contributed by atoms with Gasteiger partial charge in [-0.3, -0.25) is 16.0 Å². The number of nitrogens with one attached hydrogen (secondary N) is 1. The van der Waals surface area contributed by atoms with E-state index in [-0.39, 0.29) is 11.5 Å². The highest BCUT2D eigenvalue weighted by atomic mass is 35.5. The SMILES string of the molecule is COCCn1ncc(Cl)c1C(CCC(C)(C)C)NN. The van der Waals surface area contributed by atoms with Crippen molar-refractivity contribution in [1.82, 2.24) is 15.2 Å². The second-order valence-electron chi connectivity index (χ2n) is 5.91.